The van der Waals surface area contributed by atoms with Gasteiger partial charge in [-0.05, 0) is 37.5 Å². The van der Waals surface area contributed by atoms with Crippen LogP contribution < -0.4 is 5.73 Å². The van der Waals surface area contributed by atoms with E-state index in [0.29, 0.717) is 12.2 Å². The van der Waals surface area contributed by atoms with Crippen LogP contribution in [0.5, 0.6) is 0 Å². The third-order valence-corrected chi connectivity index (χ3v) is 3.22. The Balaban J connectivity index is 2.13. The summed E-state index contributed by atoms with van der Waals surface area (Å²) in [5.74, 6) is 0.850. The molecule has 2 aromatic rings. The minimum Gasteiger partial charge on any atom is -0.391 e. The van der Waals surface area contributed by atoms with E-state index in [4.69, 9.17) is 10.3 Å². The number of aliphatic hydroxyl groups excluding tert-OH is 1. The molecule has 2 rings (SSSR count). The molecule has 1 heterocycles. The highest BCUT2D eigenvalue weighted by Crippen LogP contribution is 2.15. The van der Waals surface area contributed by atoms with Crippen molar-refractivity contribution >= 4 is 0 Å². The van der Waals surface area contributed by atoms with E-state index in [2.05, 4.69) is 36.1 Å². The zero-order valence-electron chi connectivity index (χ0n) is 11.4. The zero-order chi connectivity index (χ0) is 14.0. The molecule has 0 saturated heterocycles. The maximum atomic E-state index is 9.39. The van der Waals surface area contributed by atoms with Gasteiger partial charge in [0.05, 0.1) is 6.10 Å². The number of aliphatic hydroxyl groups is 1. The summed E-state index contributed by atoms with van der Waals surface area (Å²) < 4.78 is 5.07. The zero-order valence-corrected chi connectivity index (χ0v) is 11.4. The fourth-order valence-electron chi connectivity index (χ4n) is 1.78. The summed E-state index contributed by atoms with van der Waals surface area (Å²) in [6.45, 7) is 5.74. The smallest absolute Gasteiger partial charge is 0.246 e. The summed E-state index contributed by atoms with van der Waals surface area (Å²) in [4.78, 5) is 4.22. The Kier molecular flexibility index (Phi) is 3.97. The standard InChI is InChI=1S/C14H19N3O2/c1-8-4-5-11(6-9(8)2)7-12-16-14(19-17-12)13(15)10(3)18/h4-6,10,13,18H,7,15H2,1-3H3. The molecule has 1 aromatic carbocycles. The topological polar surface area (TPSA) is 85.2 Å². The lowest BCUT2D eigenvalue weighted by atomic mass is 10.0. The SMILES string of the molecule is Cc1ccc(Cc2noc(C(N)C(C)O)n2)cc1C. The van der Waals surface area contributed by atoms with Crippen molar-refractivity contribution in [3.8, 4) is 0 Å². The van der Waals surface area contributed by atoms with Gasteiger partial charge >= 0.3 is 0 Å². The van der Waals surface area contributed by atoms with Gasteiger partial charge in [-0.25, -0.2) is 0 Å². The summed E-state index contributed by atoms with van der Waals surface area (Å²) in [6, 6.07) is 5.60. The molecule has 0 aliphatic carbocycles. The Morgan fingerprint density at radius 3 is 2.68 bits per heavy atom. The Labute approximate surface area is 112 Å². The van der Waals surface area contributed by atoms with Crippen molar-refractivity contribution in [2.45, 2.75) is 39.3 Å². The van der Waals surface area contributed by atoms with E-state index in [1.54, 1.807) is 6.92 Å². The Bertz CT molecular complexity index is 564. The summed E-state index contributed by atoms with van der Waals surface area (Å²) >= 11 is 0. The van der Waals surface area contributed by atoms with Crippen LogP contribution >= 0.6 is 0 Å². The van der Waals surface area contributed by atoms with Crippen LogP contribution in [0, 0.1) is 13.8 Å². The molecule has 3 N–H and O–H groups in total. The van der Waals surface area contributed by atoms with Crippen molar-refractivity contribution in [1.29, 1.82) is 0 Å². The van der Waals surface area contributed by atoms with Crippen LogP contribution in [0.3, 0.4) is 0 Å². The predicted octanol–water partition coefficient (Wildman–Crippen LogP) is 1.66. The molecule has 0 spiro atoms. The Hall–Kier alpha value is -1.72. The van der Waals surface area contributed by atoms with Crippen LogP contribution in [0.25, 0.3) is 0 Å². The molecule has 2 atom stereocenters. The fourth-order valence-corrected chi connectivity index (χ4v) is 1.78. The van der Waals surface area contributed by atoms with Crippen LogP contribution in [0.2, 0.25) is 0 Å². The molecule has 102 valence electrons. The lowest BCUT2D eigenvalue weighted by Crippen LogP contribution is -2.23. The number of aryl methyl sites for hydroxylation is 2. The number of rotatable bonds is 4. The molecule has 0 aliphatic heterocycles. The second-order valence-corrected chi connectivity index (χ2v) is 4.91. The molecule has 0 fully saturated rings. The van der Waals surface area contributed by atoms with Crippen LogP contribution in [0.1, 0.15) is 41.4 Å². The quantitative estimate of drug-likeness (QED) is 0.874. The molecule has 0 saturated carbocycles. The molecule has 0 bridgehead atoms. The highest BCUT2D eigenvalue weighted by atomic mass is 16.5. The first kappa shape index (κ1) is 13.7. The van der Waals surface area contributed by atoms with Crippen molar-refractivity contribution < 1.29 is 9.63 Å². The highest BCUT2D eigenvalue weighted by Gasteiger charge is 2.19. The van der Waals surface area contributed by atoms with Crippen LogP contribution in [0.15, 0.2) is 22.7 Å². The maximum Gasteiger partial charge on any atom is 0.246 e. The third kappa shape index (κ3) is 3.19. The molecule has 1 aromatic heterocycles. The van der Waals surface area contributed by atoms with Gasteiger partial charge in [0.15, 0.2) is 5.82 Å². The maximum absolute atomic E-state index is 9.39. The van der Waals surface area contributed by atoms with Gasteiger partial charge < -0.3 is 15.4 Å². The van der Waals surface area contributed by atoms with Gasteiger partial charge in [-0.1, -0.05) is 23.4 Å². The average molecular weight is 261 g/mol. The van der Waals surface area contributed by atoms with Crippen LogP contribution in [-0.2, 0) is 6.42 Å². The van der Waals surface area contributed by atoms with E-state index in [-0.39, 0.29) is 5.89 Å². The first-order valence-corrected chi connectivity index (χ1v) is 6.29. The first-order chi connectivity index (χ1) is 8.97. The molecule has 5 nitrogen and oxygen atoms in total. The lowest BCUT2D eigenvalue weighted by molar-refractivity contribution is 0.146. The number of benzene rings is 1. The molecule has 2 unspecified atom stereocenters. The van der Waals surface area contributed by atoms with Crippen molar-refractivity contribution in [1.82, 2.24) is 10.1 Å². The number of hydrogen-bond acceptors (Lipinski definition) is 5. The first-order valence-electron chi connectivity index (χ1n) is 6.29. The second-order valence-electron chi connectivity index (χ2n) is 4.91. The van der Waals surface area contributed by atoms with E-state index in [1.165, 1.54) is 11.1 Å². The van der Waals surface area contributed by atoms with Gasteiger partial charge in [-0.15, -0.1) is 0 Å². The summed E-state index contributed by atoms with van der Waals surface area (Å²) in [5, 5.41) is 13.3. The average Bonchev–Trinajstić information content (AvgIpc) is 2.81. The minimum atomic E-state index is -0.713. The van der Waals surface area contributed by atoms with E-state index < -0.39 is 12.1 Å². The predicted molar refractivity (Wildman–Crippen MR) is 71.6 cm³/mol. The van der Waals surface area contributed by atoms with E-state index in [1.807, 2.05) is 6.07 Å². The summed E-state index contributed by atoms with van der Waals surface area (Å²) in [7, 11) is 0. The van der Waals surface area contributed by atoms with Gasteiger partial charge in [0.2, 0.25) is 5.89 Å². The molecule has 0 amide bonds. The highest BCUT2D eigenvalue weighted by molar-refractivity contribution is 5.31. The normalized spacial score (nSPS) is 14.4. The van der Waals surface area contributed by atoms with Gasteiger partial charge in [-0.2, -0.15) is 4.98 Å². The number of aromatic nitrogens is 2. The number of nitrogens with zero attached hydrogens (tertiary/aromatic N) is 2. The fraction of sp³-hybridized carbons (Fsp3) is 0.429. The Morgan fingerprint density at radius 2 is 2.05 bits per heavy atom. The van der Waals surface area contributed by atoms with Gasteiger partial charge in [0.25, 0.3) is 0 Å². The monoisotopic (exact) mass is 261 g/mol. The lowest BCUT2D eigenvalue weighted by Gasteiger charge is -2.08. The molecular formula is C14H19N3O2. The Morgan fingerprint density at radius 1 is 1.32 bits per heavy atom. The molecule has 0 radical (unpaired) electrons. The van der Waals surface area contributed by atoms with Gasteiger partial charge in [0, 0.05) is 6.42 Å². The van der Waals surface area contributed by atoms with Crippen molar-refractivity contribution in [2.24, 2.45) is 5.73 Å². The van der Waals surface area contributed by atoms with E-state index in [0.717, 1.165) is 5.56 Å². The molecule has 0 aliphatic rings. The minimum absolute atomic E-state index is 0.272. The van der Waals surface area contributed by atoms with Crippen LogP contribution in [-0.4, -0.2) is 21.4 Å². The molecule has 19 heavy (non-hydrogen) atoms. The van der Waals surface area contributed by atoms with Crippen molar-refractivity contribution in [3.63, 3.8) is 0 Å². The van der Waals surface area contributed by atoms with Crippen LogP contribution in [0.4, 0.5) is 0 Å². The van der Waals surface area contributed by atoms with Crippen molar-refractivity contribution in [3.05, 3.63) is 46.6 Å². The van der Waals surface area contributed by atoms with Gasteiger partial charge in [-0.3, -0.25) is 0 Å². The second kappa shape index (κ2) is 5.50. The van der Waals surface area contributed by atoms with Crippen molar-refractivity contribution in [2.75, 3.05) is 0 Å². The van der Waals surface area contributed by atoms with E-state index in [9.17, 15) is 5.11 Å². The largest absolute Gasteiger partial charge is 0.391 e. The molecular weight excluding hydrogens is 242 g/mol. The number of nitrogens with two attached hydrogens (primary N) is 1. The summed E-state index contributed by atoms with van der Waals surface area (Å²) in [5.41, 5.74) is 9.36. The molecule has 5 heteroatoms. The third-order valence-electron chi connectivity index (χ3n) is 3.22. The van der Waals surface area contributed by atoms with Gasteiger partial charge in [0.1, 0.15) is 6.04 Å². The van der Waals surface area contributed by atoms with E-state index >= 15 is 0 Å². The summed E-state index contributed by atoms with van der Waals surface area (Å²) in [6.07, 6.45) is -0.119. The number of hydrogen-bond donors (Lipinski definition) is 2.